The molecule has 0 saturated carbocycles. The largest absolute Gasteiger partial charge is 0.348 e. The zero-order valence-corrected chi connectivity index (χ0v) is 9.65. The lowest BCUT2D eigenvalue weighted by Gasteiger charge is -2.22. The van der Waals surface area contributed by atoms with Gasteiger partial charge in [-0.05, 0) is 25.8 Å². The van der Waals surface area contributed by atoms with Gasteiger partial charge in [0.05, 0.1) is 4.92 Å². The highest BCUT2D eigenvalue weighted by molar-refractivity contribution is 6.29. The lowest BCUT2D eigenvalue weighted by atomic mass is 10.2. The predicted octanol–water partition coefficient (Wildman–Crippen LogP) is 2.63. The Balaban J connectivity index is 2.44. The normalized spacial score (nSPS) is 20.1. The van der Waals surface area contributed by atoms with Gasteiger partial charge in [-0.1, -0.05) is 11.6 Å². The number of anilines is 1. The highest BCUT2D eigenvalue weighted by Crippen LogP contribution is 2.32. The molecule has 16 heavy (non-hydrogen) atoms. The maximum Gasteiger partial charge on any atom is 0.311 e. The molecule has 1 aromatic rings. The molecule has 1 fully saturated rings. The summed E-state index contributed by atoms with van der Waals surface area (Å²) >= 11 is 5.79. The van der Waals surface area contributed by atoms with Crippen molar-refractivity contribution in [3.8, 4) is 0 Å². The maximum atomic E-state index is 10.9. The monoisotopic (exact) mass is 241 g/mol. The Morgan fingerprint density at radius 2 is 2.38 bits per heavy atom. The van der Waals surface area contributed by atoms with Crippen LogP contribution in [0.3, 0.4) is 0 Å². The molecule has 0 bridgehead atoms. The molecule has 6 heteroatoms. The van der Waals surface area contributed by atoms with Gasteiger partial charge in [0.25, 0.3) is 0 Å². The van der Waals surface area contributed by atoms with E-state index in [-0.39, 0.29) is 11.7 Å². The van der Waals surface area contributed by atoms with E-state index in [9.17, 15) is 10.1 Å². The highest BCUT2D eigenvalue weighted by atomic mass is 35.5. The topological polar surface area (TPSA) is 59.3 Å². The summed E-state index contributed by atoms with van der Waals surface area (Å²) < 4.78 is 0. The second-order valence-corrected chi connectivity index (χ2v) is 4.31. The standard InChI is InChI=1S/C10H12ClN3O2/c1-7-3-2-6-13(7)10-8(14(15)16)4-5-9(11)12-10/h4-5,7H,2-3,6H2,1H3. The van der Waals surface area contributed by atoms with Gasteiger partial charge in [-0.3, -0.25) is 10.1 Å². The first-order chi connectivity index (χ1) is 7.59. The van der Waals surface area contributed by atoms with Gasteiger partial charge in [-0.2, -0.15) is 0 Å². The average Bonchev–Trinajstić information content (AvgIpc) is 2.63. The van der Waals surface area contributed by atoms with Gasteiger partial charge in [-0.15, -0.1) is 0 Å². The minimum Gasteiger partial charge on any atom is -0.348 e. The molecule has 1 saturated heterocycles. The maximum absolute atomic E-state index is 10.9. The van der Waals surface area contributed by atoms with Crippen molar-refractivity contribution in [3.05, 3.63) is 27.4 Å². The summed E-state index contributed by atoms with van der Waals surface area (Å²) in [5.41, 5.74) is 0.0261. The fourth-order valence-corrected chi connectivity index (χ4v) is 2.16. The van der Waals surface area contributed by atoms with E-state index in [1.165, 1.54) is 12.1 Å². The molecule has 0 amide bonds. The minimum absolute atomic E-state index is 0.0261. The first-order valence-electron chi connectivity index (χ1n) is 5.17. The molecule has 86 valence electrons. The van der Waals surface area contributed by atoms with Crippen LogP contribution in [-0.4, -0.2) is 22.5 Å². The summed E-state index contributed by atoms with van der Waals surface area (Å²) in [6, 6.07) is 3.14. The Morgan fingerprint density at radius 1 is 1.62 bits per heavy atom. The first-order valence-corrected chi connectivity index (χ1v) is 5.55. The Morgan fingerprint density at radius 3 is 2.94 bits per heavy atom. The van der Waals surface area contributed by atoms with Crippen LogP contribution in [0.4, 0.5) is 11.5 Å². The quantitative estimate of drug-likeness (QED) is 0.454. The van der Waals surface area contributed by atoms with Crippen LogP contribution in [0.15, 0.2) is 12.1 Å². The van der Waals surface area contributed by atoms with Crippen molar-refractivity contribution in [2.45, 2.75) is 25.8 Å². The van der Waals surface area contributed by atoms with Gasteiger partial charge in [0.1, 0.15) is 5.15 Å². The van der Waals surface area contributed by atoms with Crippen LogP contribution in [0.2, 0.25) is 5.15 Å². The van der Waals surface area contributed by atoms with Gasteiger partial charge in [0, 0.05) is 18.7 Å². The molecule has 1 atom stereocenters. The van der Waals surface area contributed by atoms with E-state index in [1.807, 2.05) is 11.8 Å². The van der Waals surface area contributed by atoms with Crippen LogP contribution >= 0.6 is 11.6 Å². The van der Waals surface area contributed by atoms with E-state index >= 15 is 0 Å². The number of hydrogen-bond acceptors (Lipinski definition) is 4. The van der Waals surface area contributed by atoms with Gasteiger partial charge >= 0.3 is 5.69 Å². The Bertz CT molecular complexity index is 425. The molecule has 0 radical (unpaired) electrons. The van der Waals surface area contributed by atoms with E-state index in [4.69, 9.17) is 11.6 Å². The predicted molar refractivity (Wildman–Crippen MR) is 61.9 cm³/mol. The molecule has 2 heterocycles. The smallest absolute Gasteiger partial charge is 0.311 e. The summed E-state index contributed by atoms with van der Waals surface area (Å²) in [4.78, 5) is 16.5. The summed E-state index contributed by atoms with van der Waals surface area (Å²) in [7, 11) is 0. The molecular weight excluding hydrogens is 230 g/mol. The van der Waals surface area contributed by atoms with E-state index < -0.39 is 4.92 Å². The second-order valence-electron chi connectivity index (χ2n) is 3.92. The van der Waals surface area contributed by atoms with Crippen molar-refractivity contribution in [1.82, 2.24) is 4.98 Å². The zero-order valence-electron chi connectivity index (χ0n) is 8.89. The molecular formula is C10H12ClN3O2. The molecule has 5 nitrogen and oxygen atoms in total. The van der Waals surface area contributed by atoms with Crippen molar-refractivity contribution in [1.29, 1.82) is 0 Å². The van der Waals surface area contributed by atoms with Crippen molar-refractivity contribution in [2.75, 3.05) is 11.4 Å². The van der Waals surface area contributed by atoms with Crippen LogP contribution in [0.5, 0.6) is 0 Å². The fourth-order valence-electron chi connectivity index (χ4n) is 2.02. The Kier molecular flexibility index (Phi) is 2.96. The van der Waals surface area contributed by atoms with E-state index in [0.29, 0.717) is 11.0 Å². The third-order valence-electron chi connectivity index (χ3n) is 2.84. The summed E-state index contributed by atoms with van der Waals surface area (Å²) in [6.07, 6.45) is 2.07. The number of rotatable bonds is 2. The van der Waals surface area contributed by atoms with E-state index in [0.717, 1.165) is 19.4 Å². The van der Waals surface area contributed by atoms with Gasteiger partial charge < -0.3 is 4.90 Å². The third kappa shape index (κ3) is 1.95. The van der Waals surface area contributed by atoms with Crippen LogP contribution in [0.25, 0.3) is 0 Å². The summed E-state index contributed by atoms with van der Waals surface area (Å²) in [5, 5.41) is 11.2. The third-order valence-corrected chi connectivity index (χ3v) is 3.05. The highest BCUT2D eigenvalue weighted by Gasteiger charge is 2.28. The molecule has 0 spiro atoms. The fraction of sp³-hybridized carbons (Fsp3) is 0.500. The minimum atomic E-state index is -0.413. The van der Waals surface area contributed by atoms with E-state index in [1.54, 1.807) is 0 Å². The number of nitrogens with zero attached hydrogens (tertiary/aromatic N) is 3. The molecule has 1 unspecified atom stereocenters. The average molecular weight is 242 g/mol. The van der Waals surface area contributed by atoms with Gasteiger partial charge in [-0.25, -0.2) is 4.98 Å². The van der Waals surface area contributed by atoms with Crippen molar-refractivity contribution < 1.29 is 4.92 Å². The number of hydrogen-bond donors (Lipinski definition) is 0. The van der Waals surface area contributed by atoms with Crippen LogP contribution in [0.1, 0.15) is 19.8 Å². The van der Waals surface area contributed by atoms with Gasteiger partial charge in [0.2, 0.25) is 5.82 Å². The molecule has 1 aliphatic rings. The van der Waals surface area contributed by atoms with Crippen LogP contribution < -0.4 is 4.90 Å². The molecule has 0 aromatic carbocycles. The second kappa shape index (κ2) is 4.25. The Labute approximate surface area is 98.2 Å². The van der Waals surface area contributed by atoms with Gasteiger partial charge in [0.15, 0.2) is 0 Å². The van der Waals surface area contributed by atoms with Crippen LogP contribution in [-0.2, 0) is 0 Å². The van der Waals surface area contributed by atoms with Crippen molar-refractivity contribution in [3.63, 3.8) is 0 Å². The number of pyridine rings is 1. The van der Waals surface area contributed by atoms with Crippen LogP contribution in [0, 0.1) is 10.1 Å². The first kappa shape index (κ1) is 11.1. The summed E-state index contributed by atoms with van der Waals surface area (Å²) in [5.74, 6) is 0.391. The number of aromatic nitrogens is 1. The number of halogens is 1. The lowest BCUT2D eigenvalue weighted by molar-refractivity contribution is -0.384. The number of nitro groups is 1. The molecule has 0 aliphatic carbocycles. The zero-order chi connectivity index (χ0) is 11.7. The molecule has 1 aliphatic heterocycles. The molecule has 1 aromatic heterocycles. The van der Waals surface area contributed by atoms with Crippen molar-refractivity contribution >= 4 is 23.1 Å². The molecule has 0 N–H and O–H groups in total. The molecule has 2 rings (SSSR count). The lowest BCUT2D eigenvalue weighted by Crippen LogP contribution is -2.28. The Hall–Kier alpha value is -1.36. The SMILES string of the molecule is CC1CCCN1c1nc(Cl)ccc1[N+](=O)[O-]. The summed E-state index contributed by atoms with van der Waals surface area (Å²) in [6.45, 7) is 2.84. The van der Waals surface area contributed by atoms with Crippen molar-refractivity contribution in [2.24, 2.45) is 0 Å². The van der Waals surface area contributed by atoms with E-state index in [2.05, 4.69) is 4.98 Å².